The predicted molar refractivity (Wildman–Crippen MR) is 97.3 cm³/mol. The molecule has 2 aromatic carbocycles. The van der Waals surface area contributed by atoms with E-state index < -0.39 is 5.82 Å². The van der Waals surface area contributed by atoms with Crippen molar-refractivity contribution >= 4 is 17.2 Å². The van der Waals surface area contributed by atoms with Gasteiger partial charge in [-0.1, -0.05) is 18.2 Å². The zero-order valence-electron chi connectivity index (χ0n) is 14.4. The molecule has 4 nitrogen and oxygen atoms in total. The summed E-state index contributed by atoms with van der Waals surface area (Å²) in [6, 6.07) is 11.6. The lowest BCUT2D eigenvalue weighted by Gasteiger charge is -2.28. The fourth-order valence-electron chi connectivity index (χ4n) is 2.96. The van der Waals surface area contributed by atoms with Crippen LogP contribution in [0.5, 0.6) is 5.75 Å². The summed E-state index contributed by atoms with van der Waals surface area (Å²) >= 11 is 0. The van der Waals surface area contributed by atoms with Gasteiger partial charge in [0.15, 0.2) is 0 Å². The number of carbonyl (C=O) groups excluding carboxylic acids is 1. The molecule has 2 aromatic rings. The van der Waals surface area contributed by atoms with Gasteiger partial charge in [0.1, 0.15) is 11.6 Å². The lowest BCUT2D eigenvalue weighted by Crippen LogP contribution is -2.36. The van der Waals surface area contributed by atoms with Gasteiger partial charge in [0.05, 0.1) is 5.56 Å². The van der Waals surface area contributed by atoms with Crippen LogP contribution in [0.2, 0.25) is 0 Å². The first-order chi connectivity index (χ1) is 12.0. The molecule has 1 amide bonds. The van der Waals surface area contributed by atoms with E-state index >= 15 is 0 Å². The summed E-state index contributed by atoms with van der Waals surface area (Å²) in [5.41, 5.74) is 2.64. The summed E-state index contributed by atoms with van der Waals surface area (Å²) in [6.07, 6.45) is 2.76. The van der Waals surface area contributed by atoms with Gasteiger partial charge in [0.25, 0.3) is 5.91 Å². The molecule has 0 aromatic heterocycles. The van der Waals surface area contributed by atoms with Crippen LogP contribution >= 0.6 is 0 Å². The summed E-state index contributed by atoms with van der Waals surface area (Å²) in [4.78, 5) is 16.2. The number of rotatable bonds is 3. The van der Waals surface area contributed by atoms with Crippen molar-refractivity contribution in [2.45, 2.75) is 6.42 Å². The van der Waals surface area contributed by atoms with Crippen molar-refractivity contribution in [3.8, 4) is 5.75 Å². The SMILES string of the molecule is CN(C)c1ccc(C(=O)N2CCC=C(c3cccc(O)c3)C2)c(F)c1. The van der Waals surface area contributed by atoms with E-state index in [-0.39, 0.29) is 17.2 Å². The number of nitrogens with zero attached hydrogens (tertiary/aromatic N) is 2. The third kappa shape index (κ3) is 3.65. The van der Waals surface area contributed by atoms with Crippen LogP contribution in [0.1, 0.15) is 22.3 Å². The van der Waals surface area contributed by atoms with Crippen LogP contribution in [0.4, 0.5) is 10.1 Å². The van der Waals surface area contributed by atoms with E-state index in [1.165, 1.54) is 6.07 Å². The van der Waals surface area contributed by atoms with Crippen molar-refractivity contribution in [2.75, 3.05) is 32.1 Å². The van der Waals surface area contributed by atoms with E-state index in [1.54, 1.807) is 40.1 Å². The zero-order valence-corrected chi connectivity index (χ0v) is 14.4. The van der Waals surface area contributed by atoms with Gasteiger partial charge < -0.3 is 14.9 Å². The normalized spacial score (nSPS) is 14.2. The van der Waals surface area contributed by atoms with E-state index in [9.17, 15) is 14.3 Å². The molecule has 1 N–H and O–H groups in total. The van der Waals surface area contributed by atoms with E-state index in [4.69, 9.17) is 0 Å². The van der Waals surface area contributed by atoms with Crippen LogP contribution in [0.15, 0.2) is 48.5 Å². The molecule has 3 rings (SSSR count). The highest BCUT2D eigenvalue weighted by Gasteiger charge is 2.23. The standard InChI is InChI=1S/C20H21FN2O2/c1-22(2)16-8-9-18(19(21)12-16)20(25)23-10-4-6-15(13-23)14-5-3-7-17(24)11-14/h3,5-9,11-12,24H,4,10,13H2,1-2H3. The van der Waals surface area contributed by atoms with E-state index in [0.29, 0.717) is 25.2 Å². The van der Waals surface area contributed by atoms with Gasteiger partial charge in [-0.05, 0) is 47.9 Å². The van der Waals surface area contributed by atoms with Crippen molar-refractivity contribution in [2.24, 2.45) is 0 Å². The predicted octanol–water partition coefficient (Wildman–Crippen LogP) is 3.53. The number of hydrogen-bond acceptors (Lipinski definition) is 3. The lowest BCUT2D eigenvalue weighted by atomic mass is 10.00. The quantitative estimate of drug-likeness (QED) is 0.930. The third-order valence-electron chi connectivity index (χ3n) is 4.35. The number of phenols is 1. The van der Waals surface area contributed by atoms with E-state index in [1.807, 2.05) is 20.2 Å². The summed E-state index contributed by atoms with van der Waals surface area (Å²) < 4.78 is 14.4. The molecule has 1 aliphatic heterocycles. The Morgan fingerprint density at radius 3 is 2.68 bits per heavy atom. The number of halogens is 1. The largest absolute Gasteiger partial charge is 0.508 e. The summed E-state index contributed by atoms with van der Waals surface area (Å²) in [5, 5.41) is 9.64. The highest BCUT2D eigenvalue weighted by Crippen LogP contribution is 2.25. The monoisotopic (exact) mass is 340 g/mol. The molecule has 0 fully saturated rings. The first-order valence-corrected chi connectivity index (χ1v) is 8.20. The van der Waals surface area contributed by atoms with Crippen LogP contribution in [0, 0.1) is 5.82 Å². The fraction of sp³-hybridized carbons (Fsp3) is 0.250. The average Bonchev–Trinajstić information content (AvgIpc) is 2.61. The summed E-state index contributed by atoms with van der Waals surface area (Å²) in [5.74, 6) is -0.634. The Morgan fingerprint density at radius 2 is 2.00 bits per heavy atom. The second-order valence-corrected chi connectivity index (χ2v) is 6.35. The number of carbonyl (C=O) groups is 1. The molecular weight excluding hydrogens is 319 g/mol. The van der Waals surface area contributed by atoms with Gasteiger partial charge >= 0.3 is 0 Å². The molecule has 0 saturated carbocycles. The molecule has 0 aliphatic carbocycles. The molecule has 1 heterocycles. The molecule has 0 saturated heterocycles. The summed E-state index contributed by atoms with van der Waals surface area (Å²) in [7, 11) is 3.65. The number of aromatic hydroxyl groups is 1. The molecule has 5 heteroatoms. The fourth-order valence-corrected chi connectivity index (χ4v) is 2.96. The molecule has 0 atom stereocenters. The van der Waals surface area contributed by atoms with Gasteiger partial charge in [0, 0.05) is 32.9 Å². The molecule has 1 aliphatic rings. The van der Waals surface area contributed by atoms with Crippen molar-refractivity contribution in [1.82, 2.24) is 4.90 Å². The Morgan fingerprint density at radius 1 is 1.20 bits per heavy atom. The van der Waals surface area contributed by atoms with Crippen LogP contribution in [-0.2, 0) is 0 Å². The van der Waals surface area contributed by atoms with Crippen molar-refractivity contribution < 1.29 is 14.3 Å². The Bertz CT molecular complexity index is 830. The maximum Gasteiger partial charge on any atom is 0.257 e. The first-order valence-electron chi connectivity index (χ1n) is 8.20. The van der Waals surface area contributed by atoms with Crippen molar-refractivity contribution in [3.63, 3.8) is 0 Å². The van der Waals surface area contributed by atoms with Gasteiger partial charge in [0.2, 0.25) is 0 Å². The lowest BCUT2D eigenvalue weighted by molar-refractivity contribution is 0.0770. The number of phenolic OH excluding ortho intramolecular Hbond substituents is 1. The second-order valence-electron chi connectivity index (χ2n) is 6.35. The maximum absolute atomic E-state index is 14.4. The van der Waals surface area contributed by atoms with Crippen LogP contribution < -0.4 is 4.90 Å². The Balaban J connectivity index is 1.81. The average molecular weight is 340 g/mol. The minimum absolute atomic E-state index is 0.0859. The number of benzene rings is 2. The molecule has 0 spiro atoms. The van der Waals surface area contributed by atoms with Crippen LogP contribution in [-0.4, -0.2) is 43.1 Å². The number of anilines is 1. The van der Waals surface area contributed by atoms with E-state index in [0.717, 1.165) is 11.1 Å². The van der Waals surface area contributed by atoms with Gasteiger partial charge in [-0.25, -0.2) is 4.39 Å². The maximum atomic E-state index is 14.4. The van der Waals surface area contributed by atoms with Gasteiger partial charge in [-0.2, -0.15) is 0 Å². The highest BCUT2D eigenvalue weighted by atomic mass is 19.1. The van der Waals surface area contributed by atoms with E-state index in [2.05, 4.69) is 6.08 Å². The van der Waals surface area contributed by atoms with Crippen molar-refractivity contribution in [1.29, 1.82) is 0 Å². The Labute approximate surface area is 146 Å². The first kappa shape index (κ1) is 17.0. The number of hydrogen-bond donors (Lipinski definition) is 1. The van der Waals surface area contributed by atoms with Crippen molar-refractivity contribution in [3.05, 3.63) is 65.5 Å². The minimum Gasteiger partial charge on any atom is -0.508 e. The van der Waals surface area contributed by atoms with Crippen LogP contribution in [0.25, 0.3) is 5.57 Å². The van der Waals surface area contributed by atoms with Gasteiger partial charge in [-0.3, -0.25) is 4.79 Å². The summed E-state index contributed by atoms with van der Waals surface area (Å²) in [6.45, 7) is 0.952. The second kappa shape index (κ2) is 6.97. The molecule has 0 unspecified atom stereocenters. The highest BCUT2D eigenvalue weighted by molar-refractivity contribution is 5.96. The van der Waals surface area contributed by atoms with Gasteiger partial charge in [-0.15, -0.1) is 0 Å². The molecular formula is C20H21FN2O2. The molecule has 25 heavy (non-hydrogen) atoms. The molecule has 0 radical (unpaired) electrons. The molecule has 130 valence electrons. The third-order valence-corrected chi connectivity index (χ3v) is 4.35. The van der Waals surface area contributed by atoms with Crippen LogP contribution in [0.3, 0.4) is 0 Å². The topological polar surface area (TPSA) is 43.8 Å². The Hall–Kier alpha value is -2.82. The minimum atomic E-state index is -0.510. The smallest absolute Gasteiger partial charge is 0.257 e. The Kier molecular flexibility index (Phi) is 4.74. The zero-order chi connectivity index (χ0) is 18.0. The number of amides is 1. The molecule has 0 bridgehead atoms.